The number of nitrogen functional groups attached to an aromatic ring is 1. The van der Waals surface area contributed by atoms with Gasteiger partial charge in [0.2, 0.25) is 0 Å². The molecular formula is C16H12N6. The number of aromatic nitrogens is 5. The smallest absolute Gasteiger partial charge is 0.133 e. The molecule has 4 aromatic rings. The predicted octanol–water partition coefficient (Wildman–Crippen LogP) is 2.66. The normalized spacial score (nSPS) is 10.9. The number of hydrogen-bond acceptors (Lipinski definition) is 5. The topological polar surface area (TPSA) is 93.4 Å². The molecule has 0 radical (unpaired) electrons. The van der Waals surface area contributed by atoms with Crippen LogP contribution in [0.4, 0.5) is 5.82 Å². The zero-order valence-corrected chi connectivity index (χ0v) is 11.6. The van der Waals surface area contributed by atoms with E-state index in [4.69, 9.17) is 5.73 Å². The fourth-order valence-electron chi connectivity index (χ4n) is 2.50. The minimum atomic E-state index is 0.461. The van der Waals surface area contributed by atoms with Crippen molar-refractivity contribution >= 4 is 16.6 Å². The summed E-state index contributed by atoms with van der Waals surface area (Å²) in [5.74, 6) is 0.461. The van der Waals surface area contributed by atoms with Gasteiger partial charge in [-0.05, 0) is 29.1 Å². The van der Waals surface area contributed by atoms with Crippen LogP contribution in [0, 0.1) is 0 Å². The van der Waals surface area contributed by atoms with E-state index in [-0.39, 0.29) is 0 Å². The summed E-state index contributed by atoms with van der Waals surface area (Å²) in [6, 6.07) is 5.85. The van der Waals surface area contributed by atoms with Gasteiger partial charge in [-0.3, -0.25) is 15.1 Å². The Morgan fingerprint density at radius 2 is 1.82 bits per heavy atom. The molecule has 4 rings (SSSR count). The van der Waals surface area contributed by atoms with Crippen LogP contribution in [0.3, 0.4) is 0 Å². The molecule has 22 heavy (non-hydrogen) atoms. The molecule has 0 saturated carbocycles. The predicted molar refractivity (Wildman–Crippen MR) is 84.8 cm³/mol. The van der Waals surface area contributed by atoms with Gasteiger partial charge >= 0.3 is 0 Å². The van der Waals surface area contributed by atoms with Gasteiger partial charge in [-0.25, -0.2) is 4.98 Å². The van der Waals surface area contributed by atoms with E-state index < -0.39 is 0 Å². The zero-order valence-electron chi connectivity index (χ0n) is 11.6. The quantitative estimate of drug-likeness (QED) is 0.591. The highest BCUT2D eigenvalue weighted by molar-refractivity contribution is 5.94. The average molecular weight is 288 g/mol. The molecule has 6 nitrogen and oxygen atoms in total. The summed E-state index contributed by atoms with van der Waals surface area (Å²) < 4.78 is 0. The Morgan fingerprint density at radius 1 is 0.955 bits per heavy atom. The van der Waals surface area contributed by atoms with Crippen LogP contribution in [0.15, 0.2) is 55.4 Å². The summed E-state index contributed by atoms with van der Waals surface area (Å²) in [6.45, 7) is 0. The lowest BCUT2D eigenvalue weighted by Gasteiger charge is -2.09. The van der Waals surface area contributed by atoms with Crippen molar-refractivity contribution in [3.05, 3.63) is 55.4 Å². The molecule has 0 aliphatic rings. The second-order valence-corrected chi connectivity index (χ2v) is 4.90. The number of H-pyrrole nitrogens is 1. The number of anilines is 1. The highest BCUT2D eigenvalue weighted by Crippen LogP contribution is 2.32. The number of nitrogens with one attached hydrogen (secondary N) is 1. The molecule has 0 aromatic carbocycles. The van der Waals surface area contributed by atoms with Crippen molar-refractivity contribution in [1.82, 2.24) is 25.1 Å². The van der Waals surface area contributed by atoms with E-state index in [9.17, 15) is 0 Å². The van der Waals surface area contributed by atoms with Crippen molar-refractivity contribution in [3.63, 3.8) is 0 Å². The highest BCUT2D eigenvalue weighted by Gasteiger charge is 2.12. The summed E-state index contributed by atoms with van der Waals surface area (Å²) in [6.07, 6.45) is 10.6. The van der Waals surface area contributed by atoms with E-state index in [2.05, 4.69) is 25.1 Å². The Balaban J connectivity index is 1.97. The Labute approximate surface area is 126 Å². The first-order valence-electron chi connectivity index (χ1n) is 6.77. The van der Waals surface area contributed by atoms with Crippen LogP contribution in [0.5, 0.6) is 0 Å². The maximum Gasteiger partial charge on any atom is 0.133 e. The first kappa shape index (κ1) is 12.5. The first-order chi connectivity index (χ1) is 10.8. The minimum Gasteiger partial charge on any atom is -0.383 e. The van der Waals surface area contributed by atoms with E-state index in [0.717, 1.165) is 33.2 Å². The number of rotatable bonds is 2. The second-order valence-electron chi connectivity index (χ2n) is 4.90. The van der Waals surface area contributed by atoms with Crippen molar-refractivity contribution in [2.45, 2.75) is 0 Å². The third-order valence-corrected chi connectivity index (χ3v) is 3.57. The number of nitrogens with zero attached hydrogens (tertiary/aromatic N) is 4. The van der Waals surface area contributed by atoms with Crippen molar-refractivity contribution in [2.24, 2.45) is 0 Å². The number of pyridine rings is 3. The lowest BCUT2D eigenvalue weighted by molar-refractivity contribution is 1.09. The largest absolute Gasteiger partial charge is 0.383 e. The second kappa shape index (κ2) is 4.92. The SMILES string of the molecule is Nc1nc(-c2cnccc2-c2cn[nH]c2)cc2ccncc12. The van der Waals surface area contributed by atoms with Gasteiger partial charge in [0.25, 0.3) is 0 Å². The molecule has 0 saturated heterocycles. The molecule has 4 aromatic heterocycles. The van der Waals surface area contributed by atoms with Gasteiger partial charge in [0.05, 0.1) is 11.9 Å². The molecule has 0 atom stereocenters. The van der Waals surface area contributed by atoms with E-state index in [1.165, 1.54) is 0 Å². The summed E-state index contributed by atoms with van der Waals surface area (Å²) in [4.78, 5) is 12.8. The van der Waals surface area contributed by atoms with Gasteiger partial charge in [0.1, 0.15) is 5.82 Å². The first-order valence-corrected chi connectivity index (χ1v) is 6.77. The molecule has 0 unspecified atom stereocenters. The highest BCUT2D eigenvalue weighted by atomic mass is 15.1. The van der Waals surface area contributed by atoms with Crippen molar-refractivity contribution in [1.29, 1.82) is 0 Å². The Morgan fingerprint density at radius 3 is 2.68 bits per heavy atom. The third-order valence-electron chi connectivity index (χ3n) is 3.57. The van der Waals surface area contributed by atoms with Gasteiger partial charge in [-0.2, -0.15) is 5.10 Å². The fraction of sp³-hybridized carbons (Fsp3) is 0. The summed E-state index contributed by atoms with van der Waals surface area (Å²) in [7, 11) is 0. The number of aromatic amines is 1. The number of nitrogens with two attached hydrogens (primary N) is 1. The van der Waals surface area contributed by atoms with Crippen LogP contribution in [0.25, 0.3) is 33.2 Å². The molecule has 3 N–H and O–H groups in total. The van der Waals surface area contributed by atoms with Gasteiger partial charge in [-0.1, -0.05) is 0 Å². The van der Waals surface area contributed by atoms with E-state index in [0.29, 0.717) is 5.82 Å². The summed E-state index contributed by atoms with van der Waals surface area (Å²) >= 11 is 0. The summed E-state index contributed by atoms with van der Waals surface area (Å²) in [5, 5.41) is 8.67. The van der Waals surface area contributed by atoms with E-state index in [1.54, 1.807) is 31.0 Å². The molecule has 0 fully saturated rings. The van der Waals surface area contributed by atoms with Crippen LogP contribution in [-0.2, 0) is 0 Å². The number of hydrogen-bond donors (Lipinski definition) is 2. The average Bonchev–Trinajstić information content (AvgIpc) is 3.09. The van der Waals surface area contributed by atoms with Crippen LogP contribution in [0.1, 0.15) is 0 Å². The van der Waals surface area contributed by atoms with Gasteiger partial charge in [-0.15, -0.1) is 0 Å². The van der Waals surface area contributed by atoms with E-state index >= 15 is 0 Å². The maximum atomic E-state index is 6.07. The minimum absolute atomic E-state index is 0.461. The Kier molecular flexibility index (Phi) is 2.79. The molecule has 0 bridgehead atoms. The lowest BCUT2D eigenvalue weighted by atomic mass is 10.0. The Hall–Kier alpha value is -3.28. The zero-order chi connectivity index (χ0) is 14.9. The van der Waals surface area contributed by atoms with Crippen LogP contribution >= 0.6 is 0 Å². The van der Waals surface area contributed by atoms with Gasteiger partial charge in [0.15, 0.2) is 0 Å². The van der Waals surface area contributed by atoms with Gasteiger partial charge < -0.3 is 5.73 Å². The van der Waals surface area contributed by atoms with Crippen LogP contribution < -0.4 is 5.73 Å². The molecule has 0 spiro atoms. The Bertz CT molecular complexity index is 946. The molecular weight excluding hydrogens is 276 g/mol. The molecule has 0 aliphatic carbocycles. The summed E-state index contributed by atoms with van der Waals surface area (Å²) in [5.41, 5.74) is 9.75. The standard InChI is InChI=1S/C16H12N6/c17-16-13-8-18-3-1-10(13)5-15(22-16)14-9-19-4-2-12(14)11-6-20-21-7-11/h1-9H,(H2,17,22)(H,20,21). The van der Waals surface area contributed by atoms with E-state index in [1.807, 2.05) is 24.4 Å². The molecule has 6 heteroatoms. The molecule has 0 aliphatic heterocycles. The van der Waals surface area contributed by atoms with Crippen molar-refractivity contribution < 1.29 is 0 Å². The number of fused-ring (bicyclic) bond motifs is 1. The van der Waals surface area contributed by atoms with Crippen LogP contribution in [-0.4, -0.2) is 25.1 Å². The maximum absolute atomic E-state index is 6.07. The lowest BCUT2D eigenvalue weighted by Crippen LogP contribution is -1.96. The van der Waals surface area contributed by atoms with Gasteiger partial charge in [0, 0.05) is 47.5 Å². The van der Waals surface area contributed by atoms with Crippen molar-refractivity contribution in [2.75, 3.05) is 5.73 Å². The third kappa shape index (κ3) is 1.98. The molecule has 106 valence electrons. The molecule has 0 amide bonds. The van der Waals surface area contributed by atoms with Crippen LogP contribution in [0.2, 0.25) is 0 Å². The molecule has 4 heterocycles. The monoisotopic (exact) mass is 288 g/mol. The van der Waals surface area contributed by atoms with Crippen molar-refractivity contribution in [3.8, 4) is 22.4 Å². The fourth-order valence-corrected chi connectivity index (χ4v) is 2.50.